The van der Waals surface area contributed by atoms with Gasteiger partial charge >= 0.3 is 18.2 Å². The van der Waals surface area contributed by atoms with Crippen LogP contribution < -0.4 is 10.6 Å². The van der Waals surface area contributed by atoms with E-state index >= 15 is 0 Å². The first-order valence-corrected chi connectivity index (χ1v) is 11.0. The fourth-order valence-corrected chi connectivity index (χ4v) is 2.50. The van der Waals surface area contributed by atoms with Gasteiger partial charge < -0.3 is 43.9 Å². The molecule has 0 unspecified atom stereocenters. The number of hydroxylamine groups is 2. The number of amides is 4. The van der Waals surface area contributed by atoms with Crippen molar-refractivity contribution >= 4 is 30.0 Å². The van der Waals surface area contributed by atoms with Crippen LogP contribution in [-0.4, -0.2) is 108 Å². The lowest BCUT2D eigenvalue weighted by Gasteiger charge is -2.19. The van der Waals surface area contributed by atoms with Gasteiger partial charge in [-0.05, 0) is 0 Å². The molecule has 0 radical (unpaired) electrons. The number of methoxy groups -OCH3 is 2. The standard InChI is InChI=1S/C20H33N3O12/c1-29-9-7-21-19(27)33-13-11-31-18(32-12-14-34-20(28)22-8-10-30-2)6-5-17(26)35-23-15(24)3-4-16(23)25/h18H,3-14H2,1-2H3,(H,21,27)(H,22,28). The molecule has 0 atom stereocenters. The van der Waals surface area contributed by atoms with Gasteiger partial charge in [0.2, 0.25) is 0 Å². The van der Waals surface area contributed by atoms with E-state index in [1.54, 1.807) is 0 Å². The molecule has 1 fully saturated rings. The second kappa shape index (κ2) is 18.3. The number of nitrogens with zero attached hydrogens (tertiary/aromatic N) is 1. The molecule has 0 aromatic heterocycles. The number of nitrogens with one attached hydrogen (secondary N) is 2. The molecule has 1 heterocycles. The van der Waals surface area contributed by atoms with Gasteiger partial charge in [0.25, 0.3) is 11.8 Å². The number of hydrogen-bond acceptors (Lipinski definition) is 12. The van der Waals surface area contributed by atoms with Crippen LogP contribution in [0.15, 0.2) is 0 Å². The van der Waals surface area contributed by atoms with Crippen molar-refractivity contribution in [2.24, 2.45) is 0 Å². The Balaban J connectivity index is 2.40. The van der Waals surface area contributed by atoms with E-state index in [-0.39, 0.29) is 65.2 Å². The number of rotatable bonds is 18. The van der Waals surface area contributed by atoms with Gasteiger partial charge in [0.1, 0.15) is 13.2 Å². The fraction of sp³-hybridized carbons (Fsp3) is 0.750. The molecule has 0 aromatic rings. The lowest BCUT2D eigenvalue weighted by atomic mass is 10.3. The molecule has 0 bridgehead atoms. The normalized spacial score (nSPS) is 13.2. The molecule has 0 aromatic carbocycles. The quantitative estimate of drug-likeness (QED) is 0.138. The Morgan fingerprint density at radius 2 is 1.29 bits per heavy atom. The molecule has 1 saturated heterocycles. The van der Waals surface area contributed by atoms with E-state index < -0.39 is 36.3 Å². The van der Waals surface area contributed by atoms with Crippen molar-refractivity contribution in [3.05, 3.63) is 0 Å². The first kappa shape index (κ1) is 30.0. The maximum absolute atomic E-state index is 12.0. The Hall–Kier alpha value is -3.01. The summed E-state index contributed by atoms with van der Waals surface area (Å²) in [6.07, 6.45) is -2.53. The molecule has 200 valence electrons. The molecule has 0 aliphatic carbocycles. The van der Waals surface area contributed by atoms with E-state index in [1.807, 2.05) is 0 Å². The third kappa shape index (κ3) is 14.1. The topological polar surface area (TPSA) is 177 Å². The highest BCUT2D eigenvalue weighted by molar-refractivity contribution is 6.01. The largest absolute Gasteiger partial charge is 0.447 e. The predicted molar refractivity (Wildman–Crippen MR) is 115 cm³/mol. The van der Waals surface area contributed by atoms with E-state index in [9.17, 15) is 24.0 Å². The second-order valence-electron chi connectivity index (χ2n) is 6.87. The summed E-state index contributed by atoms with van der Waals surface area (Å²) >= 11 is 0. The maximum Gasteiger partial charge on any atom is 0.407 e. The number of imide groups is 1. The van der Waals surface area contributed by atoms with Gasteiger partial charge in [0, 0.05) is 46.6 Å². The van der Waals surface area contributed by atoms with Gasteiger partial charge in [0.15, 0.2) is 6.29 Å². The highest BCUT2D eigenvalue weighted by Crippen LogP contribution is 2.14. The Labute approximate surface area is 202 Å². The molecule has 15 nitrogen and oxygen atoms in total. The second-order valence-corrected chi connectivity index (χ2v) is 6.87. The Morgan fingerprint density at radius 1 is 0.800 bits per heavy atom. The number of hydrogen-bond donors (Lipinski definition) is 2. The first-order valence-electron chi connectivity index (χ1n) is 11.0. The van der Waals surface area contributed by atoms with Crippen LogP contribution in [0.25, 0.3) is 0 Å². The summed E-state index contributed by atoms with van der Waals surface area (Å²) in [7, 11) is 2.99. The van der Waals surface area contributed by atoms with Crippen molar-refractivity contribution in [1.82, 2.24) is 15.7 Å². The molecule has 4 amide bonds. The molecule has 1 aliphatic rings. The lowest BCUT2D eigenvalue weighted by molar-refractivity contribution is -0.200. The molecule has 35 heavy (non-hydrogen) atoms. The molecular formula is C20H33N3O12. The van der Waals surface area contributed by atoms with Crippen LogP contribution in [0.4, 0.5) is 9.59 Å². The minimum atomic E-state index is -0.951. The van der Waals surface area contributed by atoms with E-state index in [2.05, 4.69) is 10.6 Å². The van der Waals surface area contributed by atoms with Crippen LogP contribution in [-0.2, 0) is 47.6 Å². The number of ether oxygens (including phenoxy) is 6. The minimum absolute atomic E-state index is 0.00484. The van der Waals surface area contributed by atoms with Gasteiger partial charge in [-0.25, -0.2) is 14.4 Å². The Kier molecular flexibility index (Phi) is 15.7. The Bertz CT molecular complexity index is 644. The monoisotopic (exact) mass is 507 g/mol. The average Bonchev–Trinajstić information content (AvgIpc) is 3.14. The van der Waals surface area contributed by atoms with E-state index in [1.165, 1.54) is 14.2 Å². The summed E-state index contributed by atoms with van der Waals surface area (Å²) in [5.74, 6) is -2.00. The van der Waals surface area contributed by atoms with Crippen molar-refractivity contribution in [2.45, 2.75) is 32.0 Å². The molecule has 0 saturated carbocycles. The van der Waals surface area contributed by atoms with Gasteiger partial charge in [-0.1, -0.05) is 0 Å². The van der Waals surface area contributed by atoms with Gasteiger partial charge in [0.05, 0.1) is 32.8 Å². The summed E-state index contributed by atoms with van der Waals surface area (Å²) < 4.78 is 30.5. The van der Waals surface area contributed by atoms with E-state index in [0.29, 0.717) is 18.3 Å². The van der Waals surface area contributed by atoms with Crippen LogP contribution >= 0.6 is 0 Å². The van der Waals surface area contributed by atoms with Gasteiger partial charge in [-0.2, -0.15) is 0 Å². The fourth-order valence-electron chi connectivity index (χ4n) is 2.50. The average molecular weight is 507 g/mol. The SMILES string of the molecule is COCCNC(=O)OCCOC(CCC(=O)ON1C(=O)CCC1=O)OCCOC(=O)NCCOC. The van der Waals surface area contributed by atoms with Crippen molar-refractivity contribution in [3.63, 3.8) is 0 Å². The maximum atomic E-state index is 12.0. The third-order valence-electron chi connectivity index (χ3n) is 4.17. The summed E-state index contributed by atoms with van der Waals surface area (Å²) in [4.78, 5) is 63.0. The van der Waals surface area contributed by atoms with Crippen LogP contribution in [0.3, 0.4) is 0 Å². The van der Waals surface area contributed by atoms with Crippen molar-refractivity contribution in [3.8, 4) is 0 Å². The highest BCUT2D eigenvalue weighted by atomic mass is 16.7. The van der Waals surface area contributed by atoms with Crippen molar-refractivity contribution in [1.29, 1.82) is 0 Å². The lowest BCUT2D eigenvalue weighted by Crippen LogP contribution is -2.33. The van der Waals surface area contributed by atoms with Crippen LogP contribution in [0, 0.1) is 0 Å². The molecule has 0 spiro atoms. The van der Waals surface area contributed by atoms with Crippen molar-refractivity contribution < 1.29 is 57.2 Å². The summed E-state index contributed by atoms with van der Waals surface area (Å²) in [5, 5.41) is 5.39. The molecule has 1 rings (SSSR count). The van der Waals surface area contributed by atoms with Crippen molar-refractivity contribution in [2.75, 3.05) is 67.0 Å². The zero-order valence-corrected chi connectivity index (χ0v) is 19.9. The summed E-state index contributed by atoms with van der Waals surface area (Å²) in [6.45, 7) is 0.919. The zero-order valence-electron chi connectivity index (χ0n) is 19.9. The third-order valence-corrected chi connectivity index (χ3v) is 4.17. The summed E-state index contributed by atoms with van der Waals surface area (Å²) in [5.41, 5.74) is 0. The van der Waals surface area contributed by atoms with Crippen LogP contribution in [0.2, 0.25) is 0 Å². The number of carbonyl (C=O) groups excluding carboxylic acids is 5. The van der Waals surface area contributed by atoms with Crippen LogP contribution in [0.5, 0.6) is 0 Å². The van der Waals surface area contributed by atoms with E-state index in [0.717, 1.165) is 0 Å². The number of alkyl carbamates (subject to hydrolysis) is 2. The summed E-state index contributed by atoms with van der Waals surface area (Å²) in [6, 6.07) is 0. The van der Waals surface area contributed by atoms with Gasteiger partial charge in [-0.3, -0.25) is 9.59 Å². The minimum Gasteiger partial charge on any atom is -0.447 e. The molecule has 1 aliphatic heterocycles. The first-order chi connectivity index (χ1) is 16.9. The van der Waals surface area contributed by atoms with Crippen LogP contribution in [0.1, 0.15) is 25.7 Å². The zero-order chi connectivity index (χ0) is 25.9. The van der Waals surface area contributed by atoms with E-state index in [4.69, 9.17) is 33.3 Å². The molecule has 15 heteroatoms. The predicted octanol–water partition coefficient (Wildman–Crippen LogP) is -0.522. The molecular weight excluding hydrogens is 474 g/mol. The highest BCUT2D eigenvalue weighted by Gasteiger charge is 2.32. The molecule has 2 N–H and O–H groups in total. The smallest absolute Gasteiger partial charge is 0.407 e. The Morgan fingerprint density at radius 3 is 1.74 bits per heavy atom. The number of carbonyl (C=O) groups is 5. The van der Waals surface area contributed by atoms with Gasteiger partial charge in [-0.15, -0.1) is 5.06 Å².